The average molecular weight is 285 g/mol. The molecule has 2 aromatic rings. The first-order chi connectivity index (χ1) is 8.69. The Morgan fingerprint density at radius 1 is 1.56 bits per heavy atom. The number of halogens is 1. The van der Waals surface area contributed by atoms with Crippen LogP contribution in [-0.2, 0) is 6.54 Å². The number of rotatable bonds is 5. The van der Waals surface area contributed by atoms with Crippen molar-refractivity contribution < 1.29 is 0 Å². The highest BCUT2D eigenvalue weighted by atomic mass is 35.5. The van der Waals surface area contributed by atoms with Gasteiger partial charge >= 0.3 is 0 Å². The molecule has 0 spiro atoms. The second-order valence-corrected chi connectivity index (χ2v) is 5.36. The molecule has 0 saturated carbocycles. The third-order valence-corrected chi connectivity index (χ3v) is 4.09. The van der Waals surface area contributed by atoms with Crippen LogP contribution in [0.5, 0.6) is 0 Å². The quantitative estimate of drug-likeness (QED) is 0.656. The van der Waals surface area contributed by atoms with Gasteiger partial charge in [-0.2, -0.15) is 16.4 Å². The van der Waals surface area contributed by atoms with Crippen LogP contribution >= 0.6 is 22.9 Å². The molecule has 3 N–H and O–H groups in total. The third-order valence-electron chi connectivity index (χ3n) is 2.91. The molecule has 18 heavy (non-hydrogen) atoms. The van der Waals surface area contributed by atoms with Crippen LogP contribution in [0.15, 0.2) is 17.0 Å². The van der Waals surface area contributed by atoms with Crippen molar-refractivity contribution in [3.63, 3.8) is 0 Å². The molecule has 0 aliphatic rings. The number of hydrazine groups is 1. The summed E-state index contributed by atoms with van der Waals surface area (Å²) in [7, 11) is 0. The number of nitrogens with one attached hydrogen (secondary N) is 1. The highest BCUT2D eigenvalue weighted by molar-refractivity contribution is 7.08. The van der Waals surface area contributed by atoms with E-state index in [-0.39, 0.29) is 6.04 Å². The molecule has 0 aliphatic heterocycles. The van der Waals surface area contributed by atoms with Gasteiger partial charge in [-0.3, -0.25) is 10.5 Å². The van der Waals surface area contributed by atoms with E-state index in [9.17, 15) is 0 Å². The highest BCUT2D eigenvalue weighted by Gasteiger charge is 2.22. The standard InChI is InChI=1S/C12H17ClN4S/c1-3-4-17-12(10(13)5-15-17)11(16-14)9-7-18-6-8(9)2/h5-7,11,16H,3-4,14H2,1-2H3. The molecule has 2 heterocycles. The van der Waals surface area contributed by atoms with Gasteiger partial charge in [-0.1, -0.05) is 18.5 Å². The molecule has 2 rings (SSSR count). The van der Waals surface area contributed by atoms with Crippen LogP contribution in [0.3, 0.4) is 0 Å². The molecule has 1 atom stereocenters. The summed E-state index contributed by atoms with van der Waals surface area (Å²) in [5.74, 6) is 5.71. The lowest BCUT2D eigenvalue weighted by Crippen LogP contribution is -2.31. The largest absolute Gasteiger partial charge is 0.271 e. The molecule has 0 saturated heterocycles. The van der Waals surface area contributed by atoms with E-state index in [1.165, 1.54) is 5.56 Å². The van der Waals surface area contributed by atoms with E-state index in [1.54, 1.807) is 17.5 Å². The Balaban J connectivity index is 2.45. The summed E-state index contributed by atoms with van der Waals surface area (Å²) < 4.78 is 1.92. The van der Waals surface area contributed by atoms with Crippen molar-refractivity contribution in [3.05, 3.63) is 38.8 Å². The van der Waals surface area contributed by atoms with Gasteiger partial charge in [0.05, 0.1) is 23.0 Å². The normalized spacial score (nSPS) is 12.9. The summed E-state index contributed by atoms with van der Waals surface area (Å²) in [6.45, 7) is 5.02. The van der Waals surface area contributed by atoms with Gasteiger partial charge in [-0.25, -0.2) is 5.43 Å². The van der Waals surface area contributed by atoms with Gasteiger partial charge in [-0.05, 0) is 35.2 Å². The zero-order valence-corrected chi connectivity index (χ0v) is 12.1. The van der Waals surface area contributed by atoms with Crippen molar-refractivity contribution in [3.8, 4) is 0 Å². The van der Waals surface area contributed by atoms with Crippen molar-refractivity contribution >= 4 is 22.9 Å². The van der Waals surface area contributed by atoms with Gasteiger partial charge in [0.2, 0.25) is 0 Å². The van der Waals surface area contributed by atoms with Crippen LogP contribution in [0.1, 0.15) is 36.2 Å². The second-order valence-electron chi connectivity index (χ2n) is 4.21. The van der Waals surface area contributed by atoms with Gasteiger partial charge in [0.1, 0.15) is 0 Å². The van der Waals surface area contributed by atoms with Crippen molar-refractivity contribution in [2.24, 2.45) is 5.84 Å². The zero-order chi connectivity index (χ0) is 13.1. The van der Waals surface area contributed by atoms with Crippen molar-refractivity contribution in [2.45, 2.75) is 32.9 Å². The van der Waals surface area contributed by atoms with E-state index < -0.39 is 0 Å². The molecule has 6 heteroatoms. The Morgan fingerprint density at radius 2 is 2.33 bits per heavy atom. The monoisotopic (exact) mass is 284 g/mol. The summed E-state index contributed by atoms with van der Waals surface area (Å²) in [5.41, 5.74) is 6.15. The maximum atomic E-state index is 6.25. The number of nitrogens with zero attached hydrogens (tertiary/aromatic N) is 2. The van der Waals surface area contributed by atoms with Gasteiger partial charge < -0.3 is 0 Å². The minimum atomic E-state index is -0.113. The SMILES string of the molecule is CCCn1ncc(Cl)c1C(NN)c1cscc1C. The van der Waals surface area contributed by atoms with E-state index in [0.717, 1.165) is 24.2 Å². The Bertz CT molecular complexity index is 520. The van der Waals surface area contributed by atoms with Gasteiger partial charge in [-0.15, -0.1) is 0 Å². The molecule has 0 fully saturated rings. The number of hydrogen-bond donors (Lipinski definition) is 2. The molecular formula is C12H17ClN4S. The first kappa shape index (κ1) is 13.5. The maximum Gasteiger partial charge on any atom is 0.0904 e. The molecular weight excluding hydrogens is 268 g/mol. The van der Waals surface area contributed by atoms with Gasteiger partial charge in [0, 0.05) is 6.54 Å². The summed E-state index contributed by atoms with van der Waals surface area (Å²) in [5, 5.41) is 9.16. The second kappa shape index (κ2) is 5.84. The molecule has 0 aliphatic carbocycles. The summed E-state index contributed by atoms with van der Waals surface area (Å²) in [4.78, 5) is 0. The van der Waals surface area contributed by atoms with Crippen molar-refractivity contribution in [1.29, 1.82) is 0 Å². The van der Waals surface area contributed by atoms with E-state index in [2.05, 4.69) is 35.1 Å². The van der Waals surface area contributed by atoms with E-state index >= 15 is 0 Å². The first-order valence-electron chi connectivity index (χ1n) is 5.89. The number of thiophene rings is 1. The van der Waals surface area contributed by atoms with Crippen LogP contribution < -0.4 is 11.3 Å². The average Bonchev–Trinajstić information content (AvgIpc) is 2.91. The molecule has 4 nitrogen and oxygen atoms in total. The lowest BCUT2D eigenvalue weighted by atomic mass is 10.0. The lowest BCUT2D eigenvalue weighted by Gasteiger charge is -2.18. The Hall–Kier alpha value is -0.880. The fraction of sp³-hybridized carbons (Fsp3) is 0.417. The zero-order valence-electron chi connectivity index (χ0n) is 10.5. The van der Waals surface area contributed by atoms with E-state index in [1.807, 2.05) is 4.68 Å². The predicted octanol–water partition coefficient (Wildman–Crippen LogP) is 2.87. The molecule has 0 aromatic carbocycles. The highest BCUT2D eigenvalue weighted by Crippen LogP contribution is 2.31. The number of hydrogen-bond acceptors (Lipinski definition) is 4. The Morgan fingerprint density at radius 3 is 2.89 bits per heavy atom. The van der Waals surface area contributed by atoms with Crippen LogP contribution in [0.2, 0.25) is 5.02 Å². The molecule has 98 valence electrons. The molecule has 2 aromatic heterocycles. The topological polar surface area (TPSA) is 55.9 Å². The minimum absolute atomic E-state index is 0.113. The molecule has 0 radical (unpaired) electrons. The molecule has 0 amide bonds. The fourth-order valence-corrected chi connectivity index (χ4v) is 3.16. The predicted molar refractivity (Wildman–Crippen MR) is 75.8 cm³/mol. The Kier molecular flexibility index (Phi) is 4.40. The Labute approximate surface area is 116 Å². The van der Waals surface area contributed by atoms with E-state index in [4.69, 9.17) is 17.4 Å². The number of nitrogens with two attached hydrogens (primary N) is 1. The minimum Gasteiger partial charge on any atom is -0.271 e. The van der Waals surface area contributed by atoms with Crippen molar-refractivity contribution in [1.82, 2.24) is 15.2 Å². The van der Waals surface area contributed by atoms with Crippen molar-refractivity contribution in [2.75, 3.05) is 0 Å². The summed E-state index contributed by atoms with van der Waals surface area (Å²) in [6, 6.07) is -0.113. The van der Waals surface area contributed by atoms with Gasteiger partial charge in [0.15, 0.2) is 0 Å². The number of aromatic nitrogens is 2. The summed E-state index contributed by atoms with van der Waals surface area (Å²) >= 11 is 7.91. The van der Waals surface area contributed by atoms with Crippen LogP contribution in [0, 0.1) is 6.92 Å². The lowest BCUT2D eigenvalue weighted by molar-refractivity contribution is 0.521. The smallest absolute Gasteiger partial charge is 0.0904 e. The van der Waals surface area contributed by atoms with Gasteiger partial charge in [0.25, 0.3) is 0 Å². The maximum absolute atomic E-state index is 6.25. The van der Waals surface area contributed by atoms with Crippen LogP contribution in [-0.4, -0.2) is 9.78 Å². The fourth-order valence-electron chi connectivity index (χ4n) is 2.03. The van der Waals surface area contributed by atoms with Crippen LogP contribution in [0.25, 0.3) is 0 Å². The summed E-state index contributed by atoms with van der Waals surface area (Å²) in [6.07, 6.45) is 2.68. The molecule has 1 unspecified atom stereocenters. The third kappa shape index (κ3) is 2.44. The first-order valence-corrected chi connectivity index (χ1v) is 7.21. The van der Waals surface area contributed by atoms with E-state index in [0.29, 0.717) is 5.02 Å². The van der Waals surface area contributed by atoms with Crippen LogP contribution in [0.4, 0.5) is 0 Å². The molecule has 0 bridgehead atoms. The number of aryl methyl sites for hydroxylation is 2.